The van der Waals surface area contributed by atoms with Crippen LogP contribution in [0, 0.1) is 0 Å². The Morgan fingerprint density at radius 1 is 1.05 bits per heavy atom. The Kier molecular flexibility index (Phi) is 6.28. The van der Waals surface area contributed by atoms with Crippen LogP contribution in [0.15, 0.2) is 12.4 Å². The van der Waals surface area contributed by atoms with E-state index in [9.17, 15) is 16.8 Å². The smallest absolute Gasteiger partial charge is 0.281 e. The van der Waals surface area contributed by atoms with E-state index in [0.717, 1.165) is 32.3 Å². The Balaban J connectivity index is 2.27. The van der Waals surface area contributed by atoms with Gasteiger partial charge in [0.1, 0.15) is 0 Å². The summed E-state index contributed by atoms with van der Waals surface area (Å²) >= 11 is 0. The monoisotopic (exact) mass is 326 g/mol. The summed E-state index contributed by atoms with van der Waals surface area (Å²) in [7, 11) is -7.99. The maximum atomic E-state index is 11.4. The molecule has 0 unspecified atom stereocenters. The van der Waals surface area contributed by atoms with Crippen LogP contribution in [0.5, 0.6) is 0 Å². The summed E-state index contributed by atoms with van der Waals surface area (Å²) in [4.78, 5) is 4.15. The molecule has 1 aliphatic heterocycles. The lowest BCUT2D eigenvalue weighted by Gasteiger charge is -2.20. The summed E-state index contributed by atoms with van der Waals surface area (Å²) in [5, 5.41) is 0. The highest BCUT2D eigenvalue weighted by Gasteiger charge is 2.19. The SMILES string of the molecule is CCCCN1C=CN(CCCS(=O)(=O)OS(C)(=O)=O)C1. The average Bonchev–Trinajstić information content (AvgIpc) is 2.70. The average molecular weight is 326 g/mol. The number of hydrogen-bond donors (Lipinski definition) is 0. The first kappa shape index (κ1) is 17.3. The molecule has 0 saturated carbocycles. The highest BCUT2D eigenvalue weighted by Crippen LogP contribution is 2.09. The molecule has 7 nitrogen and oxygen atoms in total. The highest BCUT2D eigenvalue weighted by atomic mass is 32.3. The largest absolute Gasteiger partial charge is 0.359 e. The van der Waals surface area contributed by atoms with Crippen molar-refractivity contribution in [2.24, 2.45) is 0 Å². The first-order valence-corrected chi connectivity index (χ1v) is 9.91. The van der Waals surface area contributed by atoms with Crippen LogP contribution in [0.1, 0.15) is 26.2 Å². The molecule has 20 heavy (non-hydrogen) atoms. The molecule has 0 aliphatic carbocycles. The van der Waals surface area contributed by atoms with E-state index in [1.54, 1.807) is 0 Å². The summed E-state index contributed by atoms with van der Waals surface area (Å²) in [5.74, 6) is -0.306. The molecule has 0 aromatic rings. The zero-order chi connectivity index (χ0) is 15.2. The molecule has 1 aliphatic rings. The lowest BCUT2D eigenvalue weighted by Crippen LogP contribution is -2.28. The minimum Gasteiger partial charge on any atom is -0.359 e. The molecular weight excluding hydrogens is 304 g/mol. The molecule has 0 fully saturated rings. The van der Waals surface area contributed by atoms with Gasteiger partial charge in [0.15, 0.2) is 0 Å². The zero-order valence-corrected chi connectivity index (χ0v) is 13.5. The minimum absolute atomic E-state index is 0.306. The lowest BCUT2D eigenvalue weighted by molar-refractivity contribution is 0.262. The standard InChI is InChI=1S/C11H22N2O5S2/c1-3-4-6-12-8-9-13(11-12)7-5-10-20(16,17)18-19(2,14)15/h8-9H,3-7,10-11H2,1-2H3. The van der Waals surface area contributed by atoms with E-state index >= 15 is 0 Å². The summed E-state index contributed by atoms with van der Waals surface area (Å²) in [6.45, 7) is 4.40. The van der Waals surface area contributed by atoms with Gasteiger partial charge in [-0.2, -0.15) is 16.8 Å². The molecule has 1 heterocycles. The molecule has 0 atom stereocenters. The molecule has 0 spiro atoms. The second-order valence-corrected chi connectivity index (χ2v) is 8.28. The summed E-state index contributed by atoms with van der Waals surface area (Å²) in [5.41, 5.74) is 0. The number of rotatable bonds is 9. The van der Waals surface area contributed by atoms with Gasteiger partial charge < -0.3 is 9.80 Å². The molecule has 1 rings (SSSR count). The molecule has 0 radical (unpaired) electrons. The molecule has 0 bridgehead atoms. The Morgan fingerprint density at radius 2 is 1.60 bits per heavy atom. The van der Waals surface area contributed by atoms with Crippen molar-refractivity contribution >= 4 is 20.2 Å². The Labute approximate surface area is 121 Å². The third-order valence-corrected chi connectivity index (χ3v) is 5.32. The van der Waals surface area contributed by atoms with Crippen LogP contribution in [0.25, 0.3) is 0 Å². The van der Waals surface area contributed by atoms with E-state index in [1.807, 2.05) is 17.3 Å². The molecule has 0 aromatic heterocycles. The lowest BCUT2D eigenvalue weighted by atomic mass is 10.3. The molecule has 0 saturated heterocycles. The first-order chi connectivity index (χ1) is 9.22. The van der Waals surface area contributed by atoms with Crippen LogP contribution in [-0.2, 0) is 23.9 Å². The fourth-order valence-electron chi connectivity index (χ4n) is 1.83. The van der Waals surface area contributed by atoms with Crippen LogP contribution in [0.3, 0.4) is 0 Å². The van der Waals surface area contributed by atoms with Gasteiger partial charge in [0.25, 0.3) is 20.2 Å². The molecule has 9 heteroatoms. The molecule has 0 N–H and O–H groups in total. The van der Waals surface area contributed by atoms with Gasteiger partial charge in [0, 0.05) is 25.5 Å². The van der Waals surface area contributed by atoms with Crippen LogP contribution < -0.4 is 0 Å². The second-order valence-electron chi connectivity index (χ2n) is 4.81. The van der Waals surface area contributed by atoms with Crippen molar-refractivity contribution in [2.75, 3.05) is 31.8 Å². The molecule has 0 aromatic carbocycles. The van der Waals surface area contributed by atoms with E-state index in [0.29, 0.717) is 13.0 Å². The molecule has 118 valence electrons. The van der Waals surface area contributed by atoms with E-state index in [1.165, 1.54) is 0 Å². The van der Waals surface area contributed by atoms with Gasteiger partial charge in [-0.1, -0.05) is 13.3 Å². The van der Waals surface area contributed by atoms with E-state index < -0.39 is 20.2 Å². The van der Waals surface area contributed by atoms with Crippen LogP contribution in [0.4, 0.5) is 0 Å². The van der Waals surface area contributed by atoms with Gasteiger partial charge in [0.05, 0.1) is 18.7 Å². The maximum absolute atomic E-state index is 11.4. The first-order valence-electron chi connectivity index (χ1n) is 6.52. The highest BCUT2D eigenvalue weighted by molar-refractivity contribution is 7.99. The van der Waals surface area contributed by atoms with Crippen molar-refractivity contribution in [3.05, 3.63) is 12.4 Å². The van der Waals surface area contributed by atoms with Gasteiger partial charge in [0.2, 0.25) is 0 Å². The van der Waals surface area contributed by atoms with Crippen LogP contribution in [0.2, 0.25) is 0 Å². The van der Waals surface area contributed by atoms with Gasteiger partial charge in [-0.05, 0) is 12.8 Å². The van der Waals surface area contributed by atoms with E-state index in [2.05, 4.69) is 15.5 Å². The maximum Gasteiger partial charge on any atom is 0.281 e. The van der Waals surface area contributed by atoms with Crippen molar-refractivity contribution in [2.45, 2.75) is 26.2 Å². The summed E-state index contributed by atoms with van der Waals surface area (Å²) < 4.78 is 48.4. The van der Waals surface area contributed by atoms with Gasteiger partial charge in [-0.3, -0.25) is 0 Å². The van der Waals surface area contributed by atoms with Crippen molar-refractivity contribution in [1.29, 1.82) is 0 Å². The number of nitrogens with zero attached hydrogens (tertiary/aromatic N) is 2. The van der Waals surface area contributed by atoms with Crippen LogP contribution >= 0.6 is 0 Å². The number of unbranched alkanes of at least 4 members (excludes halogenated alkanes) is 1. The quantitative estimate of drug-likeness (QED) is 0.611. The number of hydrogen-bond acceptors (Lipinski definition) is 7. The van der Waals surface area contributed by atoms with E-state index in [-0.39, 0.29) is 5.75 Å². The minimum atomic E-state index is -4.01. The van der Waals surface area contributed by atoms with Crippen molar-refractivity contribution in [3.63, 3.8) is 0 Å². The summed E-state index contributed by atoms with van der Waals surface area (Å²) in [6, 6.07) is 0. The Bertz CT molecular complexity index is 527. The van der Waals surface area contributed by atoms with Gasteiger partial charge in [-0.15, -0.1) is 3.63 Å². The second kappa shape index (κ2) is 7.28. The summed E-state index contributed by atoms with van der Waals surface area (Å²) in [6.07, 6.45) is 7.19. The zero-order valence-electron chi connectivity index (χ0n) is 11.9. The normalized spacial score (nSPS) is 16.1. The molecule has 0 amide bonds. The fourth-order valence-corrected chi connectivity index (χ4v) is 4.10. The topological polar surface area (TPSA) is 84.0 Å². The third-order valence-electron chi connectivity index (χ3n) is 2.72. The Morgan fingerprint density at radius 3 is 2.10 bits per heavy atom. The van der Waals surface area contributed by atoms with E-state index in [4.69, 9.17) is 0 Å². The predicted octanol–water partition coefficient (Wildman–Crippen LogP) is 0.529. The van der Waals surface area contributed by atoms with Crippen molar-refractivity contribution < 1.29 is 20.5 Å². The van der Waals surface area contributed by atoms with Crippen molar-refractivity contribution in [1.82, 2.24) is 9.80 Å². The Hall–Kier alpha value is -0.800. The third kappa shape index (κ3) is 7.11. The van der Waals surface area contributed by atoms with Gasteiger partial charge >= 0.3 is 0 Å². The van der Waals surface area contributed by atoms with Crippen molar-refractivity contribution in [3.8, 4) is 0 Å². The van der Waals surface area contributed by atoms with Gasteiger partial charge in [-0.25, -0.2) is 0 Å². The fraction of sp³-hybridized carbons (Fsp3) is 0.818. The van der Waals surface area contributed by atoms with Crippen LogP contribution in [-0.4, -0.2) is 58.4 Å². The molecular formula is C11H22N2O5S2. The predicted molar refractivity (Wildman–Crippen MR) is 76.7 cm³/mol.